The molecule has 3 aliphatic heterocycles. The van der Waals surface area contributed by atoms with Gasteiger partial charge in [-0.15, -0.1) is 0 Å². The van der Waals surface area contributed by atoms with E-state index in [-0.39, 0.29) is 29.2 Å². The molecule has 3 fully saturated rings. The zero-order valence-electron chi connectivity index (χ0n) is 11.2. The highest BCUT2D eigenvalue weighted by atomic mass is 32.2. The molecule has 5 nitrogen and oxygen atoms in total. The number of carbonyl (C=O) groups excluding carboxylic acids is 1. The normalized spacial score (nSPS) is 29.6. The fourth-order valence-electron chi connectivity index (χ4n) is 3.05. The summed E-state index contributed by atoms with van der Waals surface area (Å²) in [7, 11) is -3.53. The summed E-state index contributed by atoms with van der Waals surface area (Å²) in [6.45, 7) is 1.97. The van der Waals surface area contributed by atoms with Gasteiger partial charge in [-0.25, -0.2) is 13.1 Å². The summed E-state index contributed by atoms with van der Waals surface area (Å²) in [6, 6.07) is 7.96. The largest absolute Gasteiger partial charge is 0.298 e. The van der Waals surface area contributed by atoms with Gasteiger partial charge in [0.2, 0.25) is 10.0 Å². The first-order chi connectivity index (χ1) is 9.58. The number of sulfonamides is 1. The van der Waals surface area contributed by atoms with Gasteiger partial charge in [-0.2, -0.15) is 0 Å². The molecule has 2 bridgehead atoms. The molecule has 0 amide bonds. The van der Waals surface area contributed by atoms with Crippen LogP contribution in [0.15, 0.2) is 35.2 Å². The van der Waals surface area contributed by atoms with Crippen LogP contribution in [0.1, 0.15) is 12.8 Å². The lowest BCUT2D eigenvalue weighted by atomic mass is 9.82. The summed E-state index contributed by atoms with van der Waals surface area (Å²) >= 11 is 0. The summed E-state index contributed by atoms with van der Waals surface area (Å²) < 4.78 is 26.9. The molecule has 0 radical (unpaired) electrons. The predicted molar refractivity (Wildman–Crippen MR) is 74.7 cm³/mol. The maximum absolute atomic E-state index is 12.2. The Kier molecular flexibility index (Phi) is 3.62. The summed E-state index contributed by atoms with van der Waals surface area (Å²) in [5.74, 6) is 0.324. The van der Waals surface area contributed by atoms with Gasteiger partial charge in [-0.3, -0.25) is 9.69 Å². The molecular formula is C14H18N2O3S. The first kappa shape index (κ1) is 13.7. The van der Waals surface area contributed by atoms with Gasteiger partial charge in [0, 0.05) is 12.5 Å². The molecule has 0 saturated carbocycles. The van der Waals surface area contributed by atoms with E-state index in [1.807, 2.05) is 0 Å². The second-order valence-corrected chi connectivity index (χ2v) is 7.16. The molecule has 0 spiro atoms. The molecule has 6 heteroatoms. The number of hydrogen-bond donors (Lipinski definition) is 1. The van der Waals surface area contributed by atoms with E-state index in [4.69, 9.17) is 0 Å². The minimum atomic E-state index is -3.53. The second-order valence-electron chi connectivity index (χ2n) is 5.39. The predicted octanol–water partition coefficient (Wildman–Crippen LogP) is 0.628. The number of Topliss-reactive ketones (excluding diaryl/α,β-unsaturated/α-hetero) is 1. The van der Waals surface area contributed by atoms with E-state index in [0.29, 0.717) is 0 Å². The Balaban J connectivity index is 1.69. The number of benzene rings is 1. The SMILES string of the molecule is O=C1C2CCN(CC2)C1CNS(=O)(=O)c1ccccc1. The highest BCUT2D eigenvalue weighted by Crippen LogP contribution is 2.28. The van der Waals surface area contributed by atoms with Crippen molar-refractivity contribution in [2.24, 2.45) is 5.92 Å². The lowest BCUT2D eigenvalue weighted by molar-refractivity contribution is -0.136. The first-order valence-corrected chi connectivity index (χ1v) is 8.39. The molecule has 1 unspecified atom stereocenters. The Morgan fingerprint density at radius 2 is 1.80 bits per heavy atom. The number of fused-ring (bicyclic) bond motifs is 3. The van der Waals surface area contributed by atoms with Gasteiger partial charge >= 0.3 is 0 Å². The lowest BCUT2D eigenvalue weighted by Gasteiger charge is -2.43. The monoisotopic (exact) mass is 294 g/mol. The summed E-state index contributed by atoms with van der Waals surface area (Å²) in [4.78, 5) is 14.5. The van der Waals surface area contributed by atoms with Crippen LogP contribution in [0.5, 0.6) is 0 Å². The smallest absolute Gasteiger partial charge is 0.240 e. The molecule has 0 aromatic heterocycles. The standard InChI is InChI=1S/C14H18N2O3S/c17-14-11-6-8-16(9-7-11)13(14)10-15-20(18,19)12-4-2-1-3-5-12/h1-5,11,13,15H,6-10H2. The minimum Gasteiger partial charge on any atom is -0.298 e. The molecule has 1 N–H and O–H groups in total. The molecule has 1 atom stereocenters. The fourth-order valence-corrected chi connectivity index (χ4v) is 4.11. The van der Waals surface area contributed by atoms with E-state index in [9.17, 15) is 13.2 Å². The molecule has 4 rings (SSSR count). The zero-order valence-corrected chi connectivity index (χ0v) is 12.0. The number of hydrogen-bond acceptors (Lipinski definition) is 4. The molecule has 1 aromatic carbocycles. The Labute approximate surface area is 119 Å². The quantitative estimate of drug-likeness (QED) is 0.884. The fraction of sp³-hybridized carbons (Fsp3) is 0.500. The average Bonchev–Trinajstić information content (AvgIpc) is 2.48. The summed E-state index contributed by atoms with van der Waals surface area (Å²) in [5.41, 5.74) is 0. The highest BCUT2D eigenvalue weighted by molar-refractivity contribution is 7.89. The topological polar surface area (TPSA) is 66.5 Å². The van der Waals surface area contributed by atoms with E-state index in [1.54, 1.807) is 30.3 Å². The number of piperidine rings is 3. The van der Waals surface area contributed by atoms with Gasteiger partial charge in [-0.1, -0.05) is 18.2 Å². The number of nitrogens with one attached hydrogen (secondary N) is 1. The van der Waals surface area contributed by atoms with E-state index >= 15 is 0 Å². The number of carbonyl (C=O) groups is 1. The summed E-state index contributed by atoms with van der Waals surface area (Å²) in [6.07, 6.45) is 1.83. The zero-order chi connectivity index (χ0) is 14.2. The van der Waals surface area contributed by atoms with Gasteiger partial charge in [-0.05, 0) is 38.1 Å². The van der Waals surface area contributed by atoms with Crippen LogP contribution < -0.4 is 4.72 Å². The van der Waals surface area contributed by atoms with Crippen molar-refractivity contribution in [1.29, 1.82) is 0 Å². The maximum atomic E-state index is 12.2. The van der Waals surface area contributed by atoms with Crippen LogP contribution in [-0.4, -0.2) is 44.8 Å². The molecule has 0 aliphatic carbocycles. The molecule has 3 aliphatic rings. The van der Waals surface area contributed by atoms with Crippen LogP contribution in [0.4, 0.5) is 0 Å². The Morgan fingerprint density at radius 1 is 1.15 bits per heavy atom. The van der Waals surface area contributed by atoms with Crippen LogP contribution in [0, 0.1) is 5.92 Å². The van der Waals surface area contributed by atoms with Crippen molar-refractivity contribution in [2.45, 2.75) is 23.8 Å². The van der Waals surface area contributed by atoms with Crippen molar-refractivity contribution >= 4 is 15.8 Å². The first-order valence-electron chi connectivity index (χ1n) is 6.90. The third-order valence-corrected chi connectivity index (χ3v) is 5.66. The summed E-state index contributed by atoms with van der Waals surface area (Å²) in [5, 5.41) is 0. The van der Waals surface area contributed by atoms with Gasteiger partial charge in [0.05, 0.1) is 10.9 Å². The molecular weight excluding hydrogens is 276 g/mol. The number of nitrogens with zero attached hydrogens (tertiary/aromatic N) is 1. The van der Waals surface area contributed by atoms with E-state index < -0.39 is 10.0 Å². The highest BCUT2D eigenvalue weighted by Gasteiger charge is 2.41. The van der Waals surface area contributed by atoms with Crippen LogP contribution in [0.25, 0.3) is 0 Å². The Bertz CT molecular complexity index is 592. The maximum Gasteiger partial charge on any atom is 0.240 e. The van der Waals surface area contributed by atoms with Crippen molar-refractivity contribution in [2.75, 3.05) is 19.6 Å². The van der Waals surface area contributed by atoms with Crippen molar-refractivity contribution in [3.05, 3.63) is 30.3 Å². The second kappa shape index (κ2) is 5.27. The number of ketones is 1. The average molecular weight is 294 g/mol. The van der Waals surface area contributed by atoms with Crippen molar-refractivity contribution < 1.29 is 13.2 Å². The van der Waals surface area contributed by atoms with Crippen LogP contribution in [-0.2, 0) is 14.8 Å². The van der Waals surface area contributed by atoms with Gasteiger partial charge in [0.15, 0.2) is 5.78 Å². The van der Waals surface area contributed by atoms with E-state index in [1.165, 1.54) is 0 Å². The van der Waals surface area contributed by atoms with Crippen LogP contribution in [0.2, 0.25) is 0 Å². The van der Waals surface area contributed by atoms with Gasteiger partial charge in [0.25, 0.3) is 0 Å². The van der Waals surface area contributed by atoms with Crippen molar-refractivity contribution in [3.8, 4) is 0 Å². The van der Waals surface area contributed by atoms with Crippen molar-refractivity contribution in [1.82, 2.24) is 9.62 Å². The number of rotatable bonds is 4. The van der Waals surface area contributed by atoms with Crippen LogP contribution >= 0.6 is 0 Å². The molecule has 20 heavy (non-hydrogen) atoms. The van der Waals surface area contributed by atoms with Gasteiger partial charge in [0.1, 0.15) is 0 Å². The third-order valence-electron chi connectivity index (χ3n) is 4.22. The Morgan fingerprint density at radius 3 is 2.40 bits per heavy atom. The lowest BCUT2D eigenvalue weighted by Crippen LogP contribution is -2.59. The van der Waals surface area contributed by atoms with Crippen LogP contribution in [0.3, 0.4) is 0 Å². The third kappa shape index (κ3) is 2.51. The molecule has 3 saturated heterocycles. The minimum absolute atomic E-state index is 0.131. The molecule has 108 valence electrons. The van der Waals surface area contributed by atoms with E-state index in [0.717, 1.165) is 25.9 Å². The molecule has 1 aromatic rings. The van der Waals surface area contributed by atoms with E-state index in [2.05, 4.69) is 9.62 Å². The Hall–Kier alpha value is -1.24. The van der Waals surface area contributed by atoms with Gasteiger partial charge < -0.3 is 0 Å². The van der Waals surface area contributed by atoms with Crippen molar-refractivity contribution in [3.63, 3.8) is 0 Å². The molecule has 3 heterocycles.